The van der Waals surface area contributed by atoms with E-state index in [1.807, 2.05) is 54.6 Å². The minimum Gasteiger partial charge on any atom is -0.497 e. The number of aliphatic hydroxyl groups is 1. The highest BCUT2D eigenvalue weighted by atomic mass is 16.8. The Morgan fingerprint density at radius 1 is 1.00 bits per heavy atom. The molecule has 0 radical (unpaired) electrons. The minimum absolute atomic E-state index is 0.311. The van der Waals surface area contributed by atoms with Gasteiger partial charge in [-0.05, 0) is 17.7 Å². The van der Waals surface area contributed by atoms with Crippen molar-refractivity contribution in [2.75, 3.05) is 20.8 Å². The zero-order valence-electron chi connectivity index (χ0n) is 16.5. The number of aliphatic hydroxyl groups excluding tert-OH is 1. The Bertz CT molecular complexity index is 766. The maximum absolute atomic E-state index is 10.8. The molecule has 2 aromatic rings. The summed E-state index contributed by atoms with van der Waals surface area (Å²) in [4.78, 5) is 0. The normalized spacial score (nSPS) is 31.8. The van der Waals surface area contributed by atoms with Gasteiger partial charge < -0.3 is 33.5 Å². The molecule has 1 N–H and O–H groups in total. The Morgan fingerprint density at radius 2 is 1.76 bits per heavy atom. The van der Waals surface area contributed by atoms with Crippen LogP contribution in [-0.2, 0) is 30.3 Å². The summed E-state index contributed by atoms with van der Waals surface area (Å²) in [6.45, 7) is 0.630. The third-order valence-corrected chi connectivity index (χ3v) is 5.21. The van der Waals surface area contributed by atoms with E-state index in [1.165, 1.54) is 7.11 Å². The van der Waals surface area contributed by atoms with Gasteiger partial charge in [0.05, 0.1) is 20.3 Å². The summed E-state index contributed by atoms with van der Waals surface area (Å²) in [5, 5.41) is 10.8. The van der Waals surface area contributed by atoms with Gasteiger partial charge in [0, 0.05) is 12.7 Å². The largest absolute Gasteiger partial charge is 0.497 e. The Hall–Kier alpha value is -2.00. The van der Waals surface area contributed by atoms with Crippen LogP contribution in [0.3, 0.4) is 0 Å². The number of ether oxygens (including phenoxy) is 6. The summed E-state index contributed by atoms with van der Waals surface area (Å²) in [7, 11) is 3.12. The number of methoxy groups -OCH3 is 2. The summed E-state index contributed by atoms with van der Waals surface area (Å²) in [6.07, 6.45) is -3.86. The molecule has 0 bridgehead atoms. The number of hydrogen-bond acceptors (Lipinski definition) is 7. The molecular formula is C22H26O7. The van der Waals surface area contributed by atoms with Crippen LogP contribution in [0.2, 0.25) is 0 Å². The molecule has 0 spiro atoms. The second-order valence-electron chi connectivity index (χ2n) is 7.07. The van der Waals surface area contributed by atoms with Crippen LogP contribution in [-0.4, -0.2) is 56.6 Å². The van der Waals surface area contributed by atoms with Gasteiger partial charge in [0.1, 0.15) is 30.2 Å². The third-order valence-electron chi connectivity index (χ3n) is 5.21. The fraction of sp³-hybridized carbons (Fsp3) is 0.455. The maximum Gasteiger partial charge on any atom is 0.186 e. The lowest BCUT2D eigenvalue weighted by Gasteiger charge is -2.47. The first-order valence-corrected chi connectivity index (χ1v) is 9.62. The van der Waals surface area contributed by atoms with E-state index in [2.05, 4.69) is 0 Å². The van der Waals surface area contributed by atoms with Crippen molar-refractivity contribution in [3.63, 3.8) is 0 Å². The smallest absolute Gasteiger partial charge is 0.186 e. The Morgan fingerprint density at radius 3 is 2.45 bits per heavy atom. The number of hydrogen-bond donors (Lipinski definition) is 1. The zero-order valence-corrected chi connectivity index (χ0v) is 16.5. The highest BCUT2D eigenvalue weighted by molar-refractivity contribution is 5.26. The van der Waals surface area contributed by atoms with Crippen molar-refractivity contribution in [2.24, 2.45) is 0 Å². The van der Waals surface area contributed by atoms with Crippen LogP contribution in [0.4, 0.5) is 0 Å². The highest BCUT2D eigenvalue weighted by Gasteiger charge is 2.50. The van der Waals surface area contributed by atoms with Crippen molar-refractivity contribution in [1.29, 1.82) is 0 Å². The van der Waals surface area contributed by atoms with Gasteiger partial charge >= 0.3 is 0 Å². The van der Waals surface area contributed by atoms with Gasteiger partial charge in [0.2, 0.25) is 0 Å². The average Bonchev–Trinajstić information content (AvgIpc) is 2.78. The van der Waals surface area contributed by atoms with Crippen molar-refractivity contribution in [3.8, 4) is 5.75 Å². The molecule has 0 aromatic heterocycles. The van der Waals surface area contributed by atoms with Gasteiger partial charge in [-0.3, -0.25) is 0 Å². The van der Waals surface area contributed by atoms with Crippen molar-refractivity contribution < 1.29 is 33.5 Å². The van der Waals surface area contributed by atoms with Gasteiger partial charge in [-0.25, -0.2) is 0 Å². The first kappa shape index (κ1) is 20.3. The lowest BCUT2D eigenvalue weighted by Crippen LogP contribution is -2.62. The molecule has 2 heterocycles. The predicted molar refractivity (Wildman–Crippen MR) is 103 cm³/mol. The summed E-state index contributed by atoms with van der Waals surface area (Å²) in [5.41, 5.74) is 1.87. The minimum atomic E-state index is -0.992. The SMILES string of the molecule is COc1ccc(COC2[C@@H](O)[C@@H](OC)O[C@@H]3COC(c4ccccc4)O[C@@H]23)cc1. The van der Waals surface area contributed by atoms with Gasteiger partial charge in [-0.2, -0.15) is 0 Å². The van der Waals surface area contributed by atoms with Crippen molar-refractivity contribution in [2.45, 2.75) is 43.6 Å². The van der Waals surface area contributed by atoms with Crippen molar-refractivity contribution >= 4 is 0 Å². The molecule has 156 valence electrons. The fourth-order valence-corrected chi connectivity index (χ4v) is 3.64. The molecule has 0 saturated carbocycles. The summed E-state index contributed by atoms with van der Waals surface area (Å²) in [5.74, 6) is 0.776. The first-order chi connectivity index (χ1) is 14.2. The monoisotopic (exact) mass is 402 g/mol. The second-order valence-corrected chi connectivity index (χ2v) is 7.07. The van der Waals surface area contributed by atoms with E-state index >= 15 is 0 Å². The molecule has 6 atom stereocenters. The van der Waals surface area contributed by atoms with E-state index in [1.54, 1.807) is 7.11 Å². The number of fused-ring (bicyclic) bond motifs is 1. The van der Waals surface area contributed by atoms with E-state index in [0.29, 0.717) is 13.2 Å². The van der Waals surface area contributed by atoms with E-state index in [9.17, 15) is 5.11 Å². The number of rotatable bonds is 6. The van der Waals surface area contributed by atoms with Crippen LogP contribution in [0.1, 0.15) is 17.4 Å². The van der Waals surface area contributed by atoms with Crippen LogP contribution >= 0.6 is 0 Å². The maximum atomic E-state index is 10.8. The molecule has 0 aliphatic carbocycles. The quantitative estimate of drug-likeness (QED) is 0.795. The van der Waals surface area contributed by atoms with E-state index in [0.717, 1.165) is 16.9 Å². The topological polar surface area (TPSA) is 75.6 Å². The molecule has 4 rings (SSSR count). The summed E-state index contributed by atoms with van der Waals surface area (Å²) >= 11 is 0. The molecule has 2 fully saturated rings. The standard InChI is InChI=1S/C22H26O7/c1-24-16-10-8-14(9-11-16)12-26-20-18(23)22(25-2)28-17-13-27-21(29-19(17)20)15-6-4-3-5-7-15/h3-11,17-23H,12-13H2,1-2H3/t17-,18-,19-,20?,21?,22+/m1/s1. The molecule has 29 heavy (non-hydrogen) atoms. The van der Waals surface area contributed by atoms with Gasteiger partial charge in [-0.15, -0.1) is 0 Å². The first-order valence-electron chi connectivity index (χ1n) is 9.62. The van der Waals surface area contributed by atoms with E-state index in [-0.39, 0.29) is 0 Å². The molecule has 7 nitrogen and oxygen atoms in total. The summed E-state index contributed by atoms with van der Waals surface area (Å²) < 4.78 is 34.4. The average molecular weight is 402 g/mol. The van der Waals surface area contributed by atoms with E-state index < -0.39 is 37.0 Å². The third kappa shape index (κ3) is 4.45. The molecule has 0 amide bonds. The zero-order chi connectivity index (χ0) is 20.2. The highest BCUT2D eigenvalue weighted by Crippen LogP contribution is 2.35. The number of benzene rings is 2. The summed E-state index contributed by atoms with van der Waals surface area (Å²) in [6, 6.07) is 17.3. The van der Waals surface area contributed by atoms with Crippen molar-refractivity contribution in [1.82, 2.24) is 0 Å². The van der Waals surface area contributed by atoms with Crippen LogP contribution in [0, 0.1) is 0 Å². The van der Waals surface area contributed by atoms with Crippen LogP contribution in [0.25, 0.3) is 0 Å². The lowest BCUT2D eigenvalue weighted by molar-refractivity contribution is -0.363. The molecule has 2 unspecified atom stereocenters. The Kier molecular flexibility index (Phi) is 6.44. The van der Waals surface area contributed by atoms with Crippen molar-refractivity contribution in [3.05, 3.63) is 65.7 Å². The predicted octanol–water partition coefficient (Wildman–Crippen LogP) is 2.43. The Labute approximate surface area is 170 Å². The van der Waals surface area contributed by atoms with Crippen LogP contribution in [0.15, 0.2) is 54.6 Å². The molecule has 7 heteroatoms. The molecular weight excluding hydrogens is 376 g/mol. The van der Waals surface area contributed by atoms with Crippen LogP contribution in [0.5, 0.6) is 5.75 Å². The van der Waals surface area contributed by atoms with Gasteiger partial charge in [0.25, 0.3) is 0 Å². The lowest BCUT2D eigenvalue weighted by atomic mass is 9.97. The van der Waals surface area contributed by atoms with Gasteiger partial charge in [-0.1, -0.05) is 42.5 Å². The fourth-order valence-electron chi connectivity index (χ4n) is 3.64. The van der Waals surface area contributed by atoms with E-state index in [4.69, 9.17) is 28.4 Å². The molecule has 2 saturated heterocycles. The van der Waals surface area contributed by atoms with Crippen LogP contribution < -0.4 is 4.74 Å². The molecule has 2 aliphatic rings. The molecule has 2 aliphatic heterocycles. The second kappa shape index (κ2) is 9.21. The van der Waals surface area contributed by atoms with Gasteiger partial charge in [0.15, 0.2) is 12.6 Å². The molecule has 2 aromatic carbocycles. The Balaban J connectivity index is 1.49.